The highest BCUT2D eigenvalue weighted by Crippen LogP contribution is 2.31. The van der Waals surface area contributed by atoms with Crippen molar-refractivity contribution in [2.75, 3.05) is 24.7 Å². The molecule has 11 nitrogen and oxygen atoms in total. The molecule has 1 aromatic rings. The molecule has 26 heavy (non-hydrogen) atoms. The molecule has 3 rings (SSSR count). The average Bonchev–Trinajstić information content (AvgIpc) is 3.06. The second-order valence-electron chi connectivity index (χ2n) is 5.97. The number of nitrogens with two attached hydrogens (primary N) is 1. The summed E-state index contributed by atoms with van der Waals surface area (Å²) in [5.41, 5.74) is 4.60. The number of aliphatic hydroxyl groups is 4. The molecule has 2 saturated heterocycles. The molecule has 6 N–H and O–H groups in total. The van der Waals surface area contributed by atoms with E-state index in [-0.39, 0.29) is 24.5 Å². The first-order chi connectivity index (χ1) is 12.4. The number of thioether (sulfide) groups is 1. The van der Waals surface area contributed by atoms with E-state index in [1.165, 1.54) is 28.6 Å². The van der Waals surface area contributed by atoms with Crippen LogP contribution in [-0.2, 0) is 14.2 Å². The fourth-order valence-electron chi connectivity index (χ4n) is 2.67. The van der Waals surface area contributed by atoms with Gasteiger partial charge in [0, 0.05) is 11.9 Å². The average molecular weight is 391 g/mol. The predicted octanol–water partition coefficient (Wildman–Crippen LogP) is -2.77. The van der Waals surface area contributed by atoms with Gasteiger partial charge in [0.1, 0.15) is 41.9 Å². The van der Waals surface area contributed by atoms with E-state index in [0.717, 1.165) is 0 Å². The molecule has 1 aromatic heterocycles. The summed E-state index contributed by atoms with van der Waals surface area (Å²) in [6.07, 6.45) is -6.08. The van der Waals surface area contributed by atoms with Gasteiger partial charge in [-0.1, -0.05) is 0 Å². The highest BCUT2D eigenvalue weighted by molar-refractivity contribution is 8.00. The molecule has 0 saturated carbocycles. The zero-order valence-corrected chi connectivity index (χ0v) is 14.4. The lowest BCUT2D eigenvalue weighted by molar-refractivity contribution is -0.289. The molecule has 2 aliphatic heterocycles. The number of hydrogen-bond donors (Lipinski definition) is 5. The summed E-state index contributed by atoms with van der Waals surface area (Å²) in [6.45, 7) is 0.0239. The molecule has 0 bridgehead atoms. The first-order valence-corrected chi connectivity index (χ1v) is 8.99. The van der Waals surface area contributed by atoms with Crippen LogP contribution in [0.3, 0.4) is 0 Å². The van der Waals surface area contributed by atoms with Crippen LogP contribution >= 0.6 is 11.8 Å². The monoisotopic (exact) mass is 391 g/mol. The van der Waals surface area contributed by atoms with Crippen LogP contribution in [0, 0.1) is 0 Å². The van der Waals surface area contributed by atoms with Crippen molar-refractivity contribution < 1.29 is 34.6 Å². The first-order valence-electron chi connectivity index (χ1n) is 7.94. The van der Waals surface area contributed by atoms with Gasteiger partial charge in [0.2, 0.25) is 0 Å². The Morgan fingerprint density at radius 2 is 2.00 bits per heavy atom. The van der Waals surface area contributed by atoms with Crippen LogP contribution < -0.4 is 11.4 Å². The number of nitrogens with zero attached hydrogens (tertiary/aromatic N) is 2. The van der Waals surface area contributed by atoms with E-state index in [1.807, 2.05) is 0 Å². The van der Waals surface area contributed by atoms with Crippen molar-refractivity contribution in [3.05, 3.63) is 22.7 Å². The van der Waals surface area contributed by atoms with Crippen LogP contribution in [0.2, 0.25) is 0 Å². The zero-order valence-electron chi connectivity index (χ0n) is 13.6. The van der Waals surface area contributed by atoms with Gasteiger partial charge in [-0.15, -0.1) is 11.8 Å². The van der Waals surface area contributed by atoms with Gasteiger partial charge in [-0.25, -0.2) is 4.79 Å². The minimum Gasteiger partial charge on any atom is -0.387 e. The molecule has 3 heterocycles. The Morgan fingerprint density at radius 1 is 1.23 bits per heavy atom. The smallest absolute Gasteiger partial charge is 0.351 e. The van der Waals surface area contributed by atoms with Gasteiger partial charge < -0.3 is 40.4 Å². The van der Waals surface area contributed by atoms with Gasteiger partial charge in [0.25, 0.3) is 0 Å². The molecule has 0 radical (unpaired) electrons. The van der Waals surface area contributed by atoms with E-state index in [0.29, 0.717) is 5.75 Å². The molecule has 0 spiro atoms. The van der Waals surface area contributed by atoms with E-state index < -0.39 is 42.6 Å². The van der Waals surface area contributed by atoms with Crippen molar-refractivity contribution >= 4 is 17.6 Å². The lowest BCUT2D eigenvalue weighted by atomic mass is 9.99. The maximum atomic E-state index is 11.8. The second kappa shape index (κ2) is 8.19. The molecule has 0 amide bonds. The van der Waals surface area contributed by atoms with Crippen molar-refractivity contribution in [1.29, 1.82) is 0 Å². The van der Waals surface area contributed by atoms with E-state index in [9.17, 15) is 25.2 Å². The molecular weight excluding hydrogens is 370 g/mol. The van der Waals surface area contributed by atoms with E-state index >= 15 is 0 Å². The van der Waals surface area contributed by atoms with Crippen LogP contribution in [0.4, 0.5) is 5.82 Å². The predicted molar refractivity (Wildman–Crippen MR) is 89.0 cm³/mol. The van der Waals surface area contributed by atoms with Gasteiger partial charge in [-0.05, 0) is 6.07 Å². The minimum absolute atomic E-state index is 0.115. The number of anilines is 1. The van der Waals surface area contributed by atoms with Gasteiger partial charge >= 0.3 is 5.69 Å². The van der Waals surface area contributed by atoms with Crippen molar-refractivity contribution in [2.45, 2.75) is 42.4 Å². The fourth-order valence-corrected chi connectivity index (χ4v) is 3.69. The molecule has 146 valence electrons. The maximum absolute atomic E-state index is 11.8. The van der Waals surface area contributed by atoms with Crippen molar-refractivity contribution in [1.82, 2.24) is 9.55 Å². The Bertz CT molecular complexity index is 676. The van der Waals surface area contributed by atoms with E-state index in [4.69, 9.17) is 19.9 Å². The summed E-state index contributed by atoms with van der Waals surface area (Å²) in [7, 11) is 0. The van der Waals surface area contributed by atoms with Crippen molar-refractivity contribution in [3.8, 4) is 0 Å². The molecule has 2 aliphatic rings. The Balaban J connectivity index is 1.47. The lowest BCUT2D eigenvalue weighted by Gasteiger charge is -2.38. The molecule has 12 heteroatoms. The van der Waals surface area contributed by atoms with E-state index in [2.05, 4.69) is 4.98 Å². The number of rotatable bonds is 5. The third-order valence-corrected chi connectivity index (χ3v) is 5.22. The number of aromatic nitrogens is 2. The van der Waals surface area contributed by atoms with Crippen LogP contribution in [-0.4, -0.2) is 85.1 Å². The van der Waals surface area contributed by atoms with Gasteiger partial charge in [-0.2, -0.15) is 4.98 Å². The van der Waals surface area contributed by atoms with E-state index in [1.54, 1.807) is 0 Å². The summed E-state index contributed by atoms with van der Waals surface area (Å²) in [4.78, 5) is 15.5. The molecule has 7 atom stereocenters. The summed E-state index contributed by atoms with van der Waals surface area (Å²) in [5.74, 6) is 0.656. The van der Waals surface area contributed by atoms with Gasteiger partial charge in [0.15, 0.2) is 6.29 Å². The standard InChI is InChI=1S/C14H21N3O8S/c15-7-1-2-17(14(22)16-7)8-5-26-9(25-8)4-23-3-6-10(18)11(19)12(20)13(21)24-6/h1-2,6,8-13,18-21H,3-5H2,(H2,15,16,22)/t6-,8+,9-,10+,11+,12-,13+/m1/s1. The SMILES string of the molecule is Nc1ccn([C@@H]2CS[C@H](COC[C@H]3O[C@H](O)[C@H](O)[C@@H](O)[C@H]3O)O2)c(=O)n1. The molecular formula is C14H21N3O8S. The van der Waals surface area contributed by atoms with Crippen LogP contribution in [0.25, 0.3) is 0 Å². The van der Waals surface area contributed by atoms with Crippen LogP contribution in [0.5, 0.6) is 0 Å². The number of aliphatic hydroxyl groups excluding tert-OH is 4. The summed E-state index contributed by atoms with van der Waals surface area (Å²) in [6, 6.07) is 1.51. The van der Waals surface area contributed by atoms with Crippen LogP contribution in [0.15, 0.2) is 17.1 Å². The van der Waals surface area contributed by atoms with Crippen molar-refractivity contribution in [3.63, 3.8) is 0 Å². The fraction of sp³-hybridized carbons (Fsp3) is 0.714. The maximum Gasteiger partial charge on any atom is 0.351 e. The number of hydrogen-bond acceptors (Lipinski definition) is 11. The summed E-state index contributed by atoms with van der Waals surface area (Å²) in [5, 5.41) is 38.4. The molecule has 2 fully saturated rings. The first kappa shape index (κ1) is 19.5. The third-order valence-electron chi connectivity index (χ3n) is 4.12. The van der Waals surface area contributed by atoms with Gasteiger partial charge in [-0.3, -0.25) is 4.57 Å². The molecule has 0 aromatic carbocycles. The Kier molecular flexibility index (Phi) is 6.14. The molecule has 0 unspecified atom stereocenters. The Morgan fingerprint density at radius 3 is 2.73 bits per heavy atom. The summed E-state index contributed by atoms with van der Waals surface area (Å²) < 4.78 is 17.5. The lowest BCUT2D eigenvalue weighted by Crippen LogP contribution is -2.58. The minimum atomic E-state index is -1.60. The zero-order chi connectivity index (χ0) is 18.8. The van der Waals surface area contributed by atoms with Crippen LogP contribution in [0.1, 0.15) is 6.23 Å². The topological polar surface area (TPSA) is 170 Å². The second-order valence-corrected chi connectivity index (χ2v) is 7.16. The highest BCUT2D eigenvalue weighted by atomic mass is 32.2. The largest absolute Gasteiger partial charge is 0.387 e. The quantitative estimate of drug-likeness (QED) is 0.352. The summed E-state index contributed by atoms with van der Waals surface area (Å²) >= 11 is 1.44. The number of ether oxygens (including phenoxy) is 3. The normalized spacial score (nSPS) is 37.8. The Hall–Kier alpha value is -1.25. The number of nitrogen functional groups attached to an aromatic ring is 1. The van der Waals surface area contributed by atoms with Crippen molar-refractivity contribution in [2.24, 2.45) is 0 Å². The van der Waals surface area contributed by atoms with Gasteiger partial charge in [0.05, 0.1) is 13.2 Å². The highest BCUT2D eigenvalue weighted by Gasteiger charge is 2.43. The third kappa shape index (κ3) is 4.18. The molecule has 0 aliphatic carbocycles. The Labute approximate surface area is 152 Å².